The number of nitrogens with one attached hydrogen (secondary N) is 1. The third-order valence-corrected chi connectivity index (χ3v) is 6.37. The number of anilines is 2. The summed E-state index contributed by atoms with van der Waals surface area (Å²) < 4.78 is 1.31. The molecule has 2 aromatic carbocycles. The molecule has 4 rings (SSSR count). The molecule has 1 aliphatic rings. The highest BCUT2D eigenvalue weighted by Crippen LogP contribution is 2.23. The topological polar surface area (TPSA) is 121 Å². The van der Waals surface area contributed by atoms with Crippen molar-refractivity contribution in [3.63, 3.8) is 0 Å². The number of benzene rings is 2. The highest BCUT2D eigenvalue weighted by molar-refractivity contribution is 6.07. The summed E-state index contributed by atoms with van der Waals surface area (Å²) in [7, 11) is 0. The fourth-order valence-electron chi connectivity index (χ4n) is 4.44. The van der Waals surface area contributed by atoms with Crippen LogP contribution in [0.5, 0.6) is 0 Å². The fraction of sp³-hybridized carbons (Fsp3) is 0.333. The Labute approximate surface area is 209 Å². The number of hydrogen-bond donors (Lipinski definition) is 2. The third kappa shape index (κ3) is 5.40. The summed E-state index contributed by atoms with van der Waals surface area (Å²) in [6.45, 7) is 3.53. The molecule has 0 atom stereocenters. The molecule has 2 amide bonds. The molecular weight excluding hydrogens is 458 g/mol. The van der Waals surface area contributed by atoms with Gasteiger partial charge < -0.3 is 10.6 Å². The van der Waals surface area contributed by atoms with Crippen LogP contribution in [-0.4, -0.2) is 32.8 Å². The molecular formula is C27H31N5O4. The maximum absolute atomic E-state index is 13.9. The van der Waals surface area contributed by atoms with Gasteiger partial charge in [0.25, 0.3) is 11.5 Å². The number of aromatic nitrogens is 2. The largest absolute Gasteiger partial charge is 0.383 e. The van der Waals surface area contributed by atoms with Crippen LogP contribution >= 0.6 is 0 Å². The zero-order valence-corrected chi connectivity index (χ0v) is 20.4. The van der Waals surface area contributed by atoms with E-state index in [9.17, 15) is 19.2 Å². The lowest BCUT2D eigenvalue weighted by Crippen LogP contribution is -2.41. The number of likely N-dealkylation sites (tertiary alicyclic amines) is 1. The lowest BCUT2D eigenvalue weighted by atomic mass is 10.1. The molecule has 3 aromatic rings. The van der Waals surface area contributed by atoms with Crippen LogP contribution in [0.4, 0.5) is 11.5 Å². The number of carbonyl (C=O) groups is 2. The number of hydrogen-bond acceptors (Lipinski definition) is 5. The SMILES string of the molecule is CCCCn1c(N)c(N(Cc2ccccc2)C(=O)c2cccc(CN3CCCC3=O)c2)c(=O)[nH]c1=O. The predicted molar refractivity (Wildman–Crippen MR) is 139 cm³/mol. The number of aromatic amines is 1. The second-order valence-corrected chi connectivity index (χ2v) is 8.99. The molecule has 0 spiro atoms. The van der Waals surface area contributed by atoms with E-state index in [4.69, 9.17) is 5.73 Å². The highest BCUT2D eigenvalue weighted by atomic mass is 16.2. The van der Waals surface area contributed by atoms with Gasteiger partial charge in [0.05, 0.1) is 6.54 Å². The van der Waals surface area contributed by atoms with E-state index < -0.39 is 17.2 Å². The Kier molecular flexibility index (Phi) is 7.68. The van der Waals surface area contributed by atoms with Gasteiger partial charge in [-0.25, -0.2) is 4.79 Å². The number of amides is 2. The number of nitrogens with two attached hydrogens (primary N) is 1. The van der Waals surface area contributed by atoms with E-state index in [2.05, 4.69) is 4.98 Å². The molecule has 0 aliphatic carbocycles. The summed E-state index contributed by atoms with van der Waals surface area (Å²) in [4.78, 5) is 56.8. The number of H-pyrrole nitrogens is 1. The molecule has 1 aromatic heterocycles. The Morgan fingerprint density at radius 3 is 2.50 bits per heavy atom. The fourth-order valence-corrected chi connectivity index (χ4v) is 4.44. The van der Waals surface area contributed by atoms with Crippen molar-refractivity contribution in [1.29, 1.82) is 0 Å². The predicted octanol–water partition coefficient (Wildman–Crippen LogP) is 2.89. The van der Waals surface area contributed by atoms with Gasteiger partial charge in [-0.2, -0.15) is 0 Å². The second kappa shape index (κ2) is 11.1. The minimum atomic E-state index is -0.714. The van der Waals surface area contributed by atoms with Gasteiger partial charge in [-0.05, 0) is 36.1 Å². The maximum Gasteiger partial charge on any atom is 0.330 e. The molecule has 2 heterocycles. The summed E-state index contributed by atoms with van der Waals surface area (Å²) in [5, 5.41) is 0. The van der Waals surface area contributed by atoms with E-state index in [0.717, 1.165) is 24.0 Å². The van der Waals surface area contributed by atoms with E-state index in [-0.39, 0.29) is 24.0 Å². The highest BCUT2D eigenvalue weighted by Gasteiger charge is 2.26. The van der Waals surface area contributed by atoms with Crippen molar-refractivity contribution in [2.45, 2.75) is 52.2 Å². The van der Waals surface area contributed by atoms with Crippen molar-refractivity contribution in [2.24, 2.45) is 0 Å². The van der Waals surface area contributed by atoms with Crippen LogP contribution < -0.4 is 21.9 Å². The van der Waals surface area contributed by atoms with Gasteiger partial charge >= 0.3 is 5.69 Å². The first-order valence-corrected chi connectivity index (χ1v) is 12.2. The Hall–Kier alpha value is -4.14. The van der Waals surface area contributed by atoms with Gasteiger partial charge in [-0.1, -0.05) is 55.8 Å². The van der Waals surface area contributed by atoms with Gasteiger partial charge in [0.2, 0.25) is 5.91 Å². The number of nitrogens with zero attached hydrogens (tertiary/aromatic N) is 3. The van der Waals surface area contributed by atoms with Crippen molar-refractivity contribution in [3.05, 3.63) is 92.1 Å². The van der Waals surface area contributed by atoms with E-state index in [0.29, 0.717) is 38.0 Å². The van der Waals surface area contributed by atoms with E-state index in [1.165, 1.54) is 9.47 Å². The molecule has 36 heavy (non-hydrogen) atoms. The molecule has 1 saturated heterocycles. The minimum Gasteiger partial charge on any atom is -0.383 e. The Morgan fingerprint density at radius 2 is 1.81 bits per heavy atom. The van der Waals surface area contributed by atoms with Crippen LogP contribution in [0, 0.1) is 0 Å². The number of rotatable bonds is 9. The van der Waals surface area contributed by atoms with Gasteiger partial charge in [0.15, 0.2) is 5.69 Å². The van der Waals surface area contributed by atoms with Gasteiger partial charge in [0.1, 0.15) is 5.82 Å². The van der Waals surface area contributed by atoms with Crippen LogP contribution in [0.15, 0.2) is 64.2 Å². The van der Waals surface area contributed by atoms with Crippen LogP contribution in [0.1, 0.15) is 54.1 Å². The zero-order chi connectivity index (χ0) is 25.7. The molecule has 188 valence electrons. The van der Waals surface area contributed by atoms with Gasteiger partial charge in [0, 0.05) is 31.6 Å². The van der Waals surface area contributed by atoms with E-state index >= 15 is 0 Å². The van der Waals surface area contributed by atoms with Gasteiger partial charge in [-0.3, -0.25) is 28.8 Å². The van der Waals surface area contributed by atoms with Crippen molar-refractivity contribution < 1.29 is 9.59 Å². The summed E-state index contributed by atoms with van der Waals surface area (Å²) >= 11 is 0. The van der Waals surface area contributed by atoms with E-state index in [1.54, 1.807) is 23.1 Å². The number of unbranched alkanes of at least 4 members (excludes halogenated alkanes) is 1. The maximum atomic E-state index is 13.9. The molecule has 1 fully saturated rings. The summed E-state index contributed by atoms with van der Waals surface area (Å²) in [6.07, 6.45) is 2.90. The monoisotopic (exact) mass is 489 g/mol. The smallest absolute Gasteiger partial charge is 0.330 e. The first-order valence-electron chi connectivity index (χ1n) is 12.2. The summed E-state index contributed by atoms with van der Waals surface area (Å²) in [5.41, 5.74) is 6.97. The molecule has 9 nitrogen and oxygen atoms in total. The van der Waals surface area contributed by atoms with E-state index in [1.807, 2.05) is 43.3 Å². The normalized spacial score (nSPS) is 13.2. The minimum absolute atomic E-state index is 0.0414. The third-order valence-electron chi connectivity index (χ3n) is 6.37. The number of nitrogen functional groups attached to an aromatic ring is 1. The second-order valence-electron chi connectivity index (χ2n) is 8.99. The van der Waals surface area contributed by atoms with Gasteiger partial charge in [-0.15, -0.1) is 0 Å². The quantitative estimate of drug-likeness (QED) is 0.479. The molecule has 0 unspecified atom stereocenters. The average molecular weight is 490 g/mol. The molecule has 1 aliphatic heterocycles. The number of carbonyl (C=O) groups excluding carboxylic acids is 2. The van der Waals surface area contributed by atoms with Crippen LogP contribution in [0.2, 0.25) is 0 Å². The summed E-state index contributed by atoms with van der Waals surface area (Å²) in [6, 6.07) is 16.3. The molecule has 0 radical (unpaired) electrons. The Bertz CT molecular complexity index is 1360. The van der Waals surface area contributed by atoms with Crippen molar-refractivity contribution in [1.82, 2.24) is 14.5 Å². The lowest BCUT2D eigenvalue weighted by molar-refractivity contribution is -0.128. The van der Waals surface area contributed by atoms with Crippen LogP contribution in [0.25, 0.3) is 0 Å². The Balaban J connectivity index is 1.75. The first-order chi connectivity index (χ1) is 17.4. The first kappa shape index (κ1) is 25.0. The van der Waals surface area contributed by atoms with Crippen molar-refractivity contribution in [2.75, 3.05) is 17.2 Å². The Morgan fingerprint density at radius 1 is 1.06 bits per heavy atom. The van der Waals surface area contributed by atoms with Crippen LogP contribution in [-0.2, 0) is 24.4 Å². The summed E-state index contributed by atoms with van der Waals surface area (Å²) in [5.74, 6) is -0.363. The zero-order valence-electron chi connectivity index (χ0n) is 20.4. The average Bonchev–Trinajstić information content (AvgIpc) is 3.27. The lowest BCUT2D eigenvalue weighted by Gasteiger charge is -2.25. The van der Waals surface area contributed by atoms with Crippen LogP contribution in [0.3, 0.4) is 0 Å². The molecule has 0 bridgehead atoms. The van der Waals surface area contributed by atoms with Crippen molar-refractivity contribution >= 4 is 23.3 Å². The molecule has 0 saturated carbocycles. The molecule has 9 heteroatoms. The van der Waals surface area contributed by atoms with Crippen molar-refractivity contribution in [3.8, 4) is 0 Å². The molecule has 3 N–H and O–H groups in total. The standard InChI is InChI=1S/C27H31N5O4/c1-2-3-15-31-24(28)23(25(34)29-27(31)36)32(18-19-9-5-4-6-10-19)26(35)21-12-7-11-20(16-21)17-30-14-8-13-22(30)33/h4-7,9-12,16H,2-3,8,13-15,17-18,28H2,1H3,(H,29,34,36).